The SMILES string of the molecule is C=C(/N=C(/C)C(=N)/C(CC)=C(\C=N\C#N)C/C=C(C)/C(C(=C)P)=C(P)/C(F)=C(/F)CF)C1=C(/C(C)=N\C#N)C=C(C(C)(C)/C(F)=C(F)\C(F)=C(\F)CF)C=CC1. The van der Waals surface area contributed by atoms with Gasteiger partial charge in [0, 0.05) is 22.5 Å². The Bertz CT molecular complexity index is 2110. The van der Waals surface area contributed by atoms with Crippen molar-refractivity contribution in [2.75, 3.05) is 13.3 Å². The van der Waals surface area contributed by atoms with E-state index in [2.05, 4.69) is 37.4 Å². The number of allylic oxidation sites excluding steroid dienone is 19. The van der Waals surface area contributed by atoms with E-state index in [9.17, 15) is 41.3 Å². The van der Waals surface area contributed by atoms with Crippen LogP contribution >= 0.6 is 18.5 Å². The van der Waals surface area contributed by atoms with Crippen molar-refractivity contribution < 1.29 is 35.1 Å². The fourth-order valence-electron chi connectivity index (χ4n) is 5.29. The standard InChI is InChI=1S/C40H42F8N6P2/c1-9-28(26(18-52-19-49)14-13-21(2)33(25(6)55)38(56)35(46)32(44)17-42)37(51)24(5)54-23(4)29-12-10-11-27(15-30(29)22(3)53-20-50)40(7,8)39(48)36(47)34(45)31(43)16-41/h10-11,13,15,18,51H,4,6,9,12,14,16-17,55-56H2,1-3,5,7-8H3/b21-13+,28-26-,34-31-,35-32-,38-33+,39-36-,51-37?,52-18+,53-22-,54-24-. The molecule has 298 valence electrons. The molecule has 1 rings (SSSR count). The number of nitrogens with one attached hydrogen (secondary N) is 1. The molecule has 1 aliphatic carbocycles. The lowest BCUT2D eigenvalue weighted by Gasteiger charge is -2.25. The third-order valence-corrected chi connectivity index (χ3v) is 9.23. The van der Waals surface area contributed by atoms with Gasteiger partial charge in [-0.3, -0.25) is 10.4 Å². The zero-order chi connectivity index (χ0) is 43.1. The van der Waals surface area contributed by atoms with Crippen LogP contribution < -0.4 is 0 Å². The fraction of sp³-hybridized carbons (Fsp3) is 0.300. The van der Waals surface area contributed by atoms with Gasteiger partial charge in [0.25, 0.3) is 0 Å². The lowest BCUT2D eigenvalue weighted by molar-refractivity contribution is 0.362. The number of rotatable bonds is 17. The van der Waals surface area contributed by atoms with Gasteiger partial charge in [-0.05, 0) is 98.7 Å². The van der Waals surface area contributed by atoms with E-state index in [-0.39, 0.29) is 69.4 Å². The van der Waals surface area contributed by atoms with E-state index in [1.54, 1.807) is 38.4 Å². The van der Waals surface area contributed by atoms with Crippen LogP contribution in [-0.4, -0.2) is 36.7 Å². The largest absolute Gasteiger partial charge is 0.299 e. The normalized spacial score (nSPS) is 16.8. The quantitative estimate of drug-likeness (QED) is 0.0518. The topological polar surface area (TPSA) is 109 Å². The monoisotopic (exact) mass is 820 g/mol. The molecule has 0 aromatic rings. The Morgan fingerprint density at radius 3 is 2.07 bits per heavy atom. The molecule has 16 heteroatoms. The number of halogens is 8. The highest BCUT2D eigenvalue weighted by atomic mass is 31.0. The maximum absolute atomic E-state index is 15.4. The highest BCUT2D eigenvalue weighted by Crippen LogP contribution is 2.43. The van der Waals surface area contributed by atoms with Gasteiger partial charge in [-0.1, -0.05) is 38.3 Å². The van der Waals surface area contributed by atoms with E-state index in [0.717, 1.165) is 0 Å². The summed E-state index contributed by atoms with van der Waals surface area (Å²) in [6.45, 7) is 12.9. The lowest BCUT2D eigenvalue weighted by Crippen LogP contribution is -2.17. The van der Waals surface area contributed by atoms with Crippen LogP contribution in [0.5, 0.6) is 0 Å². The summed E-state index contributed by atoms with van der Waals surface area (Å²) in [5.74, 6) is -11.3. The fourth-order valence-corrected chi connectivity index (χ4v) is 6.41. The van der Waals surface area contributed by atoms with E-state index in [1.165, 1.54) is 46.1 Å². The van der Waals surface area contributed by atoms with Crippen molar-refractivity contribution in [1.82, 2.24) is 0 Å². The Hall–Kier alpha value is -4.90. The zero-order valence-electron chi connectivity index (χ0n) is 31.8. The summed E-state index contributed by atoms with van der Waals surface area (Å²) in [6, 6.07) is 0. The molecule has 1 N–H and O–H groups in total. The number of alkyl halides is 2. The maximum atomic E-state index is 15.4. The summed E-state index contributed by atoms with van der Waals surface area (Å²) in [5.41, 5.74) is 0.329. The Balaban J connectivity index is 3.95. The van der Waals surface area contributed by atoms with Crippen LogP contribution in [0.2, 0.25) is 0 Å². The minimum absolute atomic E-state index is 0.0432. The highest BCUT2D eigenvalue weighted by Gasteiger charge is 2.34. The van der Waals surface area contributed by atoms with E-state index in [0.29, 0.717) is 22.3 Å². The molecule has 6 nitrogen and oxygen atoms in total. The molecule has 0 amide bonds. The predicted octanol–water partition coefficient (Wildman–Crippen LogP) is 12.6. The molecule has 0 aromatic heterocycles. The highest BCUT2D eigenvalue weighted by molar-refractivity contribution is 7.25. The molecule has 0 fully saturated rings. The van der Waals surface area contributed by atoms with Gasteiger partial charge in [0.1, 0.15) is 19.2 Å². The molecule has 56 heavy (non-hydrogen) atoms. The molecule has 0 bridgehead atoms. The summed E-state index contributed by atoms with van der Waals surface area (Å²) in [7, 11) is 4.32. The van der Waals surface area contributed by atoms with E-state index < -0.39 is 53.7 Å². The van der Waals surface area contributed by atoms with Gasteiger partial charge in [-0.15, -0.1) is 18.5 Å². The molecule has 1 aliphatic rings. The van der Waals surface area contributed by atoms with Gasteiger partial charge in [0.15, 0.2) is 29.1 Å². The first kappa shape index (κ1) is 49.1. The van der Waals surface area contributed by atoms with Gasteiger partial charge in [-0.2, -0.15) is 20.5 Å². The molecular formula is C40H42F8N6P2. The van der Waals surface area contributed by atoms with Crippen LogP contribution in [0.25, 0.3) is 0 Å². The summed E-state index contributed by atoms with van der Waals surface area (Å²) >= 11 is 0. The molecule has 2 unspecified atom stereocenters. The Labute approximate surface area is 327 Å². The molecular weight excluding hydrogens is 778 g/mol. The molecule has 0 saturated carbocycles. The average molecular weight is 821 g/mol. The van der Waals surface area contributed by atoms with Crippen molar-refractivity contribution in [2.45, 2.75) is 60.8 Å². The van der Waals surface area contributed by atoms with E-state index >= 15 is 4.39 Å². The van der Waals surface area contributed by atoms with Crippen molar-refractivity contribution in [3.05, 3.63) is 128 Å². The molecule has 0 radical (unpaired) electrons. The number of hydrogen-bond donors (Lipinski definition) is 1. The minimum atomic E-state index is -2.30. The molecule has 0 aliphatic heterocycles. The molecule has 0 heterocycles. The molecule has 0 spiro atoms. The Morgan fingerprint density at radius 2 is 1.55 bits per heavy atom. The Kier molecular flexibility index (Phi) is 19.8. The first-order chi connectivity index (χ1) is 26.2. The first-order valence-electron chi connectivity index (χ1n) is 16.6. The first-order valence-corrected chi connectivity index (χ1v) is 17.7. The van der Waals surface area contributed by atoms with Gasteiger partial charge < -0.3 is 0 Å². The predicted molar refractivity (Wildman–Crippen MR) is 216 cm³/mol. The third kappa shape index (κ3) is 12.6. The number of nitrogens with zero attached hydrogens (tertiary/aromatic N) is 5. The van der Waals surface area contributed by atoms with Crippen molar-refractivity contribution in [1.29, 1.82) is 15.9 Å². The zero-order valence-corrected chi connectivity index (χ0v) is 34.1. The average Bonchev–Trinajstić information content (AvgIpc) is 3.41. The number of hydrogen-bond acceptors (Lipinski definition) is 6. The minimum Gasteiger partial charge on any atom is -0.299 e. The third-order valence-electron chi connectivity index (χ3n) is 8.40. The van der Waals surface area contributed by atoms with Crippen LogP contribution in [-0.2, 0) is 0 Å². The van der Waals surface area contributed by atoms with Gasteiger partial charge in [-0.25, -0.2) is 35.1 Å². The van der Waals surface area contributed by atoms with E-state index in [4.69, 9.17) is 5.41 Å². The van der Waals surface area contributed by atoms with Crippen LogP contribution in [0.4, 0.5) is 35.1 Å². The summed E-state index contributed by atoms with van der Waals surface area (Å²) in [5, 5.41) is 27.6. The second-order valence-corrected chi connectivity index (χ2v) is 13.8. The molecule has 0 saturated heterocycles. The van der Waals surface area contributed by atoms with Crippen molar-refractivity contribution in [3.63, 3.8) is 0 Å². The van der Waals surface area contributed by atoms with Gasteiger partial charge in [0.2, 0.25) is 12.4 Å². The molecule has 2 atom stereocenters. The van der Waals surface area contributed by atoms with Crippen molar-refractivity contribution in [3.8, 4) is 12.4 Å². The smallest absolute Gasteiger partial charge is 0.205 e. The van der Waals surface area contributed by atoms with Crippen molar-refractivity contribution in [2.24, 2.45) is 20.4 Å². The molecule has 0 aromatic carbocycles. The van der Waals surface area contributed by atoms with Gasteiger partial charge >= 0.3 is 0 Å². The summed E-state index contributed by atoms with van der Waals surface area (Å²) in [6.07, 6.45) is 10.8. The van der Waals surface area contributed by atoms with Crippen LogP contribution in [0, 0.1) is 33.7 Å². The second-order valence-electron chi connectivity index (χ2n) is 12.5. The number of aliphatic imine (C=N–C) groups is 3. The summed E-state index contributed by atoms with van der Waals surface area (Å²) < 4.78 is 111. The Morgan fingerprint density at radius 1 is 0.964 bits per heavy atom. The number of nitriles is 2. The lowest BCUT2D eigenvalue weighted by atomic mass is 9.80. The summed E-state index contributed by atoms with van der Waals surface area (Å²) in [4.78, 5) is 12.0. The van der Waals surface area contributed by atoms with Crippen LogP contribution in [0.3, 0.4) is 0 Å². The van der Waals surface area contributed by atoms with Gasteiger partial charge in [0.05, 0.1) is 22.8 Å². The second kappa shape index (κ2) is 22.6. The van der Waals surface area contributed by atoms with Crippen molar-refractivity contribution >= 4 is 41.8 Å². The van der Waals surface area contributed by atoms with E-state index in [1.807, 2.05) is 9.24 Å². The van der Waals surface area contributed by atoms with Crippen LogP contribution in [0.1, 0.15) is 60.8 Å². The maximum Gasteiger partial charge on any atom is 0.205 e. The van der Waals surface area contributed by atoms with Crippen LogP contribution in [0.15, 0.2) is 143 Å².